The lowest BCUT2D eigenvalue weighted by Gasteiger charge is -2.37. The first kappa shape index (κ1) is 24.1. The Bertz CT molecular complexity index is 230. The summed E-state index contributed by atoms with van der Waals surface area (Å²) in [6, 6.07) is 0. The lowest BCUT2D eigenvalue weighted by molar-refractivity contribution is -0.217. The first-order chi connectivity index (χ1) is 9.47. The molecule has 0 radical (unpaired) electrons. The third-order valence-corrected chi connectivity index (χ3v) is 2.95. The smallest absolute Gasteiger partial charge is 0.251 e. The Morgan fingerprint density at radius 3 is 2.10 bits per heavy atom. The fourth-order valence-corrected chi connectivity index (χ4v) is 1.46. The van der Waals surface area contributed by atoms with Crippen molar-refractivity contribution < 1.29 is 14.4 Å². The van der Waals surface area contributed by atoms with Crippen LogP contribution in [0.4, 0.5) is 0 Å². The molecule has 0 aromatic rings. The number of hydrogen-bond acceptors (Lipinski definition) is 3. The van der Waals surface area contributed by atoms with Crippen molar-refractivity contribution in [1.82, 2.24) is 5.06 Å². The average molecular weight is 289 g/mol. The van der Waals surface area contributed by atoms with Crippen LogP contribution in [0.15, 0.2) is 0 Å². The number of hydrogen-bond donors (Lipinski definition) is 0. The molecule has 0 aromatic carbocycles. The van der Waals surface area contributed by atoms with E-state index in [1.807, 2.05) is 48.3 Å². The molecule has 20 heavy (non-hydrogen) atoms. The zero-order chi connectivity index (χ0) is 16.8. The molecule has 0 aromatic heterocycles. The van der Waals surface area contributed by atoms with Gasteiger partial charge in [0.15, 0.2) is 0 Å². The van der Waals surface area contributed by atoms with E-state index in [1.54, 1.807) is 5.06 Å². The number of carbonyl (C=O) groups excluding carboxylic acids is 2. The second-order valence-corrected chi connectivity index (χ2v) is 4.85. The van der Waals surface area contributed by atoms with Gasteiger partial charge in [-0.05, 0) is 12.3 Å². The summed E-state index contributed by atoms with van der Waals surface area (Å²) < 4.78 is 0. The molecule has 0 spiro atoms. The molecule has 0 saturated carbocycles. The molecule has 1 unspecified atom stereocenters. The SMILES string of the molecule is C=O.CC.CC.CCC(C)CN1OCCC(C)(C)C1=O. The molecular weight excluding hydrogens is 254 g/mol. The number of rotatable bonds is 3. The molecule has 1 aliphatic rings. The van der Waals surface area contributed by atoms with Crippen molar-refractivity contribution in [2.24, 2.45) is 11.3 Å². The van der Waals surface area contributed by atoms with E-state index in [9.17, 15) is 4.79 Å². The highest BCUT2D eigenvalue weighted by atomic mass is 16.7. The van der Waals surface area contributed by atoms with Gasteiger partial charge in [0.05, 0.1) is 13.2 Å². The molecule has 1 heterocycles. The number of carbonyl (C=O) groups is 2. The second-order valence-electron chi connectivity index (χ2n) is 4.85. The molecule has 1 fully saturated rings. The average Bonchev–Trinajstić information content (AvgIpc) is 2.50. The Morgan fingerprint density at radius 2 is 1.70 bits per heavy atom. The van der Waals surface area contributed by atoms with E-state index in [4.69, 9.17) is 9.63 Å². The maximum absolute atomic E-state index is 11.9. The van der Waals surface area contributed by atoms with Gasteiger partial charge >= 0.3 is 0 Å². The van der Waals surface area contributed by atoms with E-state index >= 15 is 0 Å². The Balaban J connectivity index is -0.000000425. The van der Waals surface area contributed by atoms with Crippen LogP contribution < -0.4 is 0 Å². The summed E-state index contributed by atoms with van der Waals surface area (Å²) >= 11 is 0. The maximum Gasteiger partial charge on any atom is 0.251 e. The minimum absolute atomic E-state index is 0.129. The normalized spacial score (nSPS) is 17.4. The monoisotopic (exact) mass is 289 g/mol. The van der Waals surface area contributed by atoms with Crippen LogP contribution in [0.25, 0.3) is 0 Å². The molecule has 0 N–H and O–H groups in total. The maximum atomic E-state index is 11.9. The van der Waals surface area contributed by atoms with Gasteiger partial charge < -0.3 is 4.79 Å². The molecule has 1 saturated heterocycles. The molecule has 1 atom stereocenters. The minimum Gasteiger partial charge on any atom is -0.307 e. The highest BCUT2D eigenvalue weighted by molar-refractivity contribution is 5.81. The van der Waals surface area contributed by atoms with Gasteiger partial charge in [-0.3, -0.25) is 9.63 Å². The summed E-state index contributed by atoms with van der Waals surface area (Å²) in [5, 5.41) is 1.55. The van der Waals surface area contributed by atoms with Crippen molar-refractivity contribution in [3.8, 4) is 0 Å². The number of hydroxylamine groups is 2. The van der Waals surface area contributed by atoms with Crippen LogP contribution >= 0.6 is 0 Å². The van der Waals surface area contributed by atoms with Gasteiger partial charge in [-0.1, -0.05) is 61.8 Å². The van der Waals surface area contributed by atoms with Gasteiger partial charge in [0, 0.05) is 5.41 Å². The van der Waals surface area contributed by atoms with Crippen molar-refractivity contribution >= 4 is 12.7 Å². The zero-order valence-corrected chi connectivity index (χ0v) is 14.8. The van der Waals surface area contributed by atoms with Crippen molar-refractivity contribution in [3.05, 3.63) is 0 Å². The Labute approximate surface area is 125 Å². The largest absolute Gasteiger partial charge is 0.307 e. The Morgan fingerprint density at radius 1 is 1.25 bits per heavy atom. The van der Waals surface area contributed by atoms with Crippen molar-refractivity contribution in [2.75, 3.05) is 13.2 Å². The second kappa shape index (κ2) is 14.5. The summed E-state index contributed by atoms with van der Waals surface area (Å²) in [6.07, 6.45) is 1.90. The third-order valence-electron chi connectivity index (χ3n) is 2.95. The molecule has 122 valence electrons. The van der Waals surface area contributed by atoms with Crippen LogP contribution in [-0.2, 0) is 14.4 Å². The molecule has 4 heteroatoms. The quantitative estimate of drug-likeness (QED) is 0.786. The molecule has 0 aliphatic carbocycles. The van der Waals surface area contributed by atoms with Crippen LogP contribution in [0, 0.1) is 11.3 Å². The summed E-state index contributed by atoms with van der Waals surface area (Å²) in [5.74, 6) is 0.636. The first-order valence-corrected chi connectivity index (χ1v) is 7.71. The topological polar surface area (TPSA) is 46.6 Å². The molecule has 1 rings (SSSR count). The van der Waals surface area contributed by atoms with E-state index < -0.39 is 0 Å². The fourth-order valence-electron chi connectivity index (χ4n) is 1.46. The first-order valence-electron chi connectivity index (χ1n) is 7.71. The fraction of sp³-hybridized carbons (Fsp3) is 0.875. The Hall–Kier alpha value is -0.900. The molecule has 0 bridgehead atoms. The summed E-state index contributed by atoms with van der Waals surface area (Å²) in [4.78, 5) is 25.3. The van der Waals surface area contributed by atoms with Gasteiger partial charge in [0.2, 0.25) is 0 Å². The van der Waals surface area contributed by atoms with Gasteiger partial charge in [-0.25, -0.2) is 5.06 Å². The van der Waals surface area contributed by atoms with Gasteiger partial charge in [-0.2, -0.15) is 0 Å². The number of amides is 1. The molecule has 4 nitrogen and oxygen atoms in total. The minimum atomic E-state index is -0.244. The van der Waals surface area contributed by atoms with E-state index in [-0.39, 0.29) is 11.3 Å². The van der Waals surface area contributed by atoms with Gasteiger partial charge in [-0.15, -0.1) is 0 Å². The third kappa shape index (κ3) is 9.08. The van der Waals surface area contributed by atoms with Crippen molar-refractivity contribution in [1.29, 1.82) is 0 Å². The van der Waals surface area contributed by atoms with Crippen LogP contribution in [0.3, 0.4) is 0 Å². The predicted octanol–water partition coefficient (Wildman–Crippen LogP) is 4.09. The van der Waals surface area contributed by atoms with Crippen LogP contribution in [0.2, 0.25) is 0 Å². The van der Waals surface area contributed by atoms with E-state index in [0.717, 1.165) is 19.4 Å². The van der Waals surface area contributed by atoms with E-state index in [0.29, 0.717) is 12.5 Å². The summed E-state index contributed by atoms with van der Waals surface area (Å²) in [5.41, 5.74) is -0.244. The zero-order valence-electron chi connectivity index (χ0n) is 14.8. The van der Waals surface area contributed by atoms with Gasteiger partial charge in [0.25, 0.3) is 5.91 Å². The molecule has 1 amide bonds. The number of nitrogens with zero attached hydrogens (tertiary/aromatic N) is 1. The summed E-state index contributed by atoms with van der Waals surface area (Å²) in [7, 11) is 0. The predicted molar refractivity (Wildman–Crippen MR) is 85.3 cm³/mol. The van der Waals surface area contributed by atoms with E-state index in [1.165, 1.54) is 0 Å². The summed E-state index contributed by atoms with van der Waals surface area (Å²) in [6.45, 7) is 19.6. The molecule has 1 aliphatic heterocycles. The lowest BCUT2D eigenvalue weighted by Crippen LogP contribution is -2.47. The van der Waals surface area contributed by atoms with Crippen molar-refractivity contribution in [3.63, 3.8) is 0 Å². The van der Waals surface area contributed by atoms with Gasteiger partial charge in [0.1, 0.15) is 6.79 Å². The standard InChI is InChI=1S/C11H21NO2.2C2H6.CH2O/c1-5-9(2)8-12-10(13)11(3,4)6-7-14-12;3*1-2/h9H,5-8H2,1-4H3;2*1-2H3;1H2. The van der Waals surface area contributed by atoms with Crippen molar-refractivity contribution in [2.45, 2.75) is 68.2 Å². The van der Waals surface area contributed by atoms with Crippen LogP contribution in [-0.4, -0.2) is 30.9 Å². The highest BCUT2D eigenvalue weighted by Crippen LogP contribution is 2.28. The lowest BCUT2D eigenvalue weighted by atomic mass is 9.87. The molecular formula is C16H35NO3. The highest BCUT2D eigenvalue weighted by Gasteiger charge is 2.36. The van der Waals surface area contributed by atoms with E-state index in [2.05, 4.69) is 13.8 Å². The Kier molecular flexibility index (Phi) is 17.5. The van der Waals surface area contributed by atoms with Crippen LogP contribution in [0.5, 0.6) is 0 Å². The van der Waals surface area contributed by atoms with Crippen LogP contribution in [0.1, 0.15) is 68.2 Å².